The van der Waals surface area contributed by atoms with Gasteiger partial charge in [-0.2, -0.15) is 30.7 Å². The number of azo groups is 3. The van der Waals surface area contributed by atoms with E-state index in [0.717, 1.165) is 36.4 Å². The van der Waals surface area contributed by atoms with Crippen LogP contribution in [0, 0.1) is 0 Å². The molecule has 0 bridgehead atoms. The number of nitrogens with zero attached hydrogens (tertiary/aromatic N) is 6. The van der Waals surface area contributed by atoms with Gasteiger partial charge in [0, 0.05) is 39.4 Å². The highest BCUT2D eigenvalue weighted by atomic mass is 16.4. The molecule has 0 aromatic heterocycles. The van der Waals surface area contributed by atoms with E-state index in [-0.39, 0.29) is 73.1 Å². The van der Waals surface area contributed by atoms with Crippen LogP contribution in [0.4, 0.5) is 56.9 Å². The van der Waals surface area contributed by atoms with Gasteiger partial charge < -0.3 is 42.1 Å². The number of nitrogens with one attached hydrogen (secondary N) is 3. The quantitative estimate of drug-likeness (QED) is 0.0331. The molecule has 7 aromatic carbocycles. The Balaban J connectivity index is 1.09. The number of hydrogen-bond donors (Lipinski definition) is 8. The molecule has 7 rings (SSSR count). The van der Waals surface area contributed by atoms with Gasteiger partial charge in [-0.3, -0.25) is 14.4 Å². The average molecular weight is 939 g/mol. The van der Waals surface area contributed by atoms with Crippen LogP contribution in [0.1, 0.15) is 72.5 Å². The number of nitrogen functional groups attached to an aromatic ring is 1. The van der Waals surface area contributed by atoms with E-state index in [4.69, 9.17) is 5.73 Å². The zero-order valence-electron chi connectivity index (χ0n) is 35.8. The number of hydrogen-bond acceptors (Lipinski definition) is 14. The molecule has 0 heterocycles. The van der Waals surface area contributed by atoms with Crippen LogP contribution in [0.2, 0.25) is 0 Å². The van der Waals surface area contributed by atoms with Crippen molar-refractivity contribution in [1.82, 2.24) is 0 Å². The smallest absolute Gasteiger partial charge is 0.335 e. The minimum Gasteiger partial charge on any atom is -0.478 e. The highest BCUT2D eigenvalue weighted by Crippen LogP contribution is 2.27. The maximum absolute atomic E-state index is 13.8. The van der Waals surface area contributed by atoms with E-state index >= 15 is 0 Å². The third kappa shape index (κ3) is 12.6. The summed E-state index contributed by atoms with van der Waals surface area (Å²) in [6.07, 6.45) is 0. The maximum Gasteiger partial charge on any atom is 0.335 e. The summed E-state index contributed by atoms with van der Waals surface area (Å²) in [4.78, 5) is 87.2. The van der Waals surface area contributed by atoms with Crippen LogP contribution in [0.3, 0.4) is 0 Å². The number of carboxylic acids is 4. The summed E-state index contributed by atoms with van der Waals surface area (Å²) in [6, 6.07) is 35.5. The predicted octanol–water partition coefficient (Wildman–Crippen LogP) is 11.1. The summed E-state index contributed by atoms with van der Waals surface area (Å²) >= 11 is 0. The van der Waals surface area contributed by atoms with Crippen LogP contribution >= 0.6 is 0 Å². The number of carbonyl (C=O) groups is 7. The molecular weight excluding hydrogens is 905 g/mol. The van der Waals surface area contributed by atoms with E-state index < -0.39 is 41.6 Å². The molecule has 0 saturated heterocycles. The van der Waals surface area contributed by atoms with Crippen LogP contribution in [0.5, 0.6) is 0 Å². The molecule has 7 aromatic rings. The minimum atomic E-state index is -1.35. The zero-order valence-corrected chi connectivity index (χ0v) is 35.8. The first-order valence-electron chi connectivity index (χ1n) is 20.3. The molecule has 0 aliphatic carbocycles. The Morgan fingerprint density at radius 1 is 0.300 bits per heavy atom. The molecule has 0 radical (unpaired) electrons. The number of carbonyl (C=O) groups excluding carboxylic acids is 3. The number of rotatable bonds is 16. The number of benzene rings is 7. The largest absolute Gasteiger partial charge is 0.478 e. The lowest BCUT2D eigenvalue weighted by atomic mass is 10.0. The maximum atomic E-state index is 13.8. The predicted molar refractivity (Wildman–Crippen MR) is 254 cm³/mol. The number of aromatic carboxylic acids is 4. The third-order valence-electron chi connectivity index (χ3n) is 9.65. The molecule has 21 heteroatoms. The lowest BCUT2D eigenvalue weighted by molar-refractivity contribution is 0.0676. The van der Waals surface area contributed by atoms with Gasteiger partial charge in [0.05, 0.1) is 56.4 Å². The van der Waals surface area contributed by atoms with E-state index in [2.05, 4.69) is 46.6 Å². The van der Waals surface area contributed by atoms with Crippen LogP contribution in [-0.4, -0.2) is 62.0 Å². The first kappa shape index (κ1) is 47.4. The first-order chi connectivity index (χ1) is 33.5. The van der Waals surface area contributed by atoms with Gasteiger partial charge >= 0.3 is 23.9 Å². The second kappa shape index (κ2) is 21.2. The number of amides is 3. The fraction of sp³-hybridized carbons (Fsp3) is 0. The van der Waals surface area contributed by atoms with E-state index in [9.17, 15) is 54.0 Å². The summed E-state index contributed by atoms with van der Waals surface area (Å²) in [5.74, 6) is -7.48. The summed E-state index contributed by atoms with van der Waals surface area (Å²) in [5, 5.41) is 69.9. The van der Waals surface area contributed by atoms with E-state index in [1.807, 2.05) is 0 Å². The average Bonchev–Trinajstić information content (AvgIpc) is 3.35. The molecule has 0 saturated carbocycles. The Bertz CT molecular complexity index is 3080. The Hall–Kier alpha value is -10.6. The normalized spacial score (nSPS) is 11.1. The van der Waals surface area contributed by atoms with Crippen molar-refractivity contribution >= 4 is 98.5 Å². The molecule has 0 aliphatic rings. The third-order valence-corrected chi connectivity index (χ3v) is 9.65. The topological polar surface area (TPSA) is 337 Å². The first-order valence-corrected chi connectivity index (χ1v) is 20.3. The number of carboxylic acid groups (broad SMARTS) is 4. The van der Waals surface area contributed by atoms with Crippen molar-refractivity contribution in [2.75, 3.05) is 21.7 Å². The van der Waals surface area contributed by atoms with Crippen molar-refractivity contribution in [3.63, 3.8) is 0 Å². The second-order valence-corrected chi connectivity index (χ2v) is 14.8. The van der Waals surface area contributed by atoms with Crippen molar-refractivity contribution in [2.24, 2.45) is 30.7 Å². The van der Waals surface area contributed by atoms with Gasteiger partial charge in [-0.1, -0.05) is 0 Å². The number of nitrogens with two attached hydrogens (primary N) is 1. The van der Waals surface area contributed by atoms with Crippen molar-refractivity contribution in [2.45, 2.75) is 0 Å². The Labute approximate surface area is 394 Å². The zero-order chi connectivity index (χ0) is 49.9. The highest BCUT2D eigenvalue weighted by Gasteiger charge is 2.19. The lowest BCUT2D eigenvalue weighted by Gasteiger charge is -2.12. The van der Waals surface area contributed by atoms with Gasteiger partial charge in [0.2, 0.25) is 0 Å². The van der Waals surface area contributed by atoms with Gasteiger partial charge in [0.25, 0.3) is 17.7 Å². The van der Waals surface area contributed by atoms with Crippen LogP contribution < -0.4 is 21.7 Å². The van der Waals surface area contributed by atoms with Crippen molar-refractivity contribution in [1.29, 1.82) is 0 Å². The molecule has 346 valence electrons. The molecule has 0 unspecified atom stereocenters. The monoisotopic (exact) mass is 938 g/mol. The van der Waals surface area contributed by atoms with E-state index in [1.165, 1.54) is 66.7 Å². The fourth-order valence-electron chi connectivity index (χ4n) is 6.18. The lowest BCUT2D eigenvalue weighted by Crippen LogP contribution is -2.19. The van der Waals surface area contributed by atoms with E-state index in [1.54, 1.807) is 48.5 Å². The summed E-state index contributed by atoms with van der Waals surface area (Å²) < 4.78 is 0. The molecule has 21 nitrogen and oxygen atoms in total. The Morgan fingerprint density at radius 2 is 0.514 bits per heavy atom. The SMILES string of the molecule is Nc1ccc(N=Nc2ccc(NC(=O)c3cc(C(=O)Nc4ccc(N=Nc5cc(C(=O)O)cc(C(=O)O)c5)cc4)cc(C(=O)Nc4ccc(N=Nc5cc(C(=O)O)cc(C(=O)O)c5)cc4)c3)cc2)cc1. The van der Waals surface area contributed by atoms with E-state index in [0.29, 0.717) is 22.7 Å². The molecule has 70 heavy (non-hydrogen) atoms. The van der Waals surface area contributed by atoms with Gasteiger partial charge in [-0.15, -0.1) is 0 Å². The van der Waals surface area contributed by atoms with Gasteiger partial charge in [0.1, 0.15) is 0 Å². The van der Waals surface area contributed by atoms with Crippen molar-refractivity contribution in [3.05, 3.63) is 191 Å². The molecule has 0 aliphatic heterocycles. The van der Waals surface area contributed by atoms with Gasteiger partial charge in [-0.25, -0.2) is 19.2 Å². The molecule has 9 N–H and O–H groups in total. The Kier molecular flexibility index (Phi) is 14.3. The van der Waals surface area contributed by atoms with Crippen LogP contribution in [0.15, 0.2) is 182 Å². The van der Waals surface area contributed by atoms with Crippen LogP contribution in [0.25, 0.3) is 0 Å². The van der Waals surface area contributed by atoms with Crippen LogP contribution in [-0.2, 0) is 0 Å². The highest BCUT2D eigenvalue weighted by molar-refractivity contribution is 6.13. The molecular formula is C49H34N10O11. The van der Waals surface area contributed by atoms with Crippen molar-refractivity contribution in [3.8, 4) is 0 Å². The minimum absolute atomic E-state index is 0.0207. The van der Waals surface area contributed by atoms with Gasteiger partial charge in [-0.05, 0) is 152 Å². The summed E-state index contributed by atoms with van der Waals surface area (Å²) in [5.41, 5.74) is 7.36. The van der Waals surface area contributed by atoms with Gasteiger partial charge in [0.15, 0.2) is 0 Å². The van der Waals surface area contributed by atoms with Crippen molar-refractivity contribution < 1.29 is 54.0 Å². The summed E-state index contributed by atoms with van der Waals surface area (Å²) in [6.45, 7) is 0. The summed E-state index contributed by atoms with van der Waals surface area (Å²) in [7, 11) is 0. The molecule has 0 atom stereocenters. The molecule has 0 fully saturated rings. The fourth-order valence-corrected chi connectivity index (χ4v) is 6.18. The standard InChI is InChI=1S/C49H34N10O11/c50-33-1-3-37(4-2-33)54-55-38-11-5-34(6-12-38)51-43(60)26-17-27(44(61)52-35-7-13-39(14-8-35)56-58-41-22-29(46(63)64)20-30(23-41)47(65)66)19-28(18-26)45(62)53-36-9-15-40(16-10-36)57-59-42-24-31(48(67)68)21-32(25-42)49(69)70/h1-25H,50H2,(H,51,60)(H,52,61)(H,53,62)(H,63,64)(H,65,66)(H,67,68)(H,69,70). The number of anilines is 4. The molecule has 3 amide bonds. The molecule has 0 spiro atoms. The Morgan fingerprint density at radius 3 is 0.757 bits per heavy atom. The second-order valence-electron chi connectivity index (χ2n) is 14.8.